The first-order valence-corrected chi connectivity index (χ1v) is 13.1. The van der Waals surface area contributed by atoms with E-state index in [1.54, 1.807) is 0 Å². The van der Waals surface area contributed by atoms with Crippen molar-refractivity contribution in [3.8, 4) is 0 Å². The van der Waals surface area contributed by atoms with E-state index >= 15 is 0 Å². The van der Waals surface area contributed by atoms with E-state index in [1.807, 2.05) is 30.9 Å². The third kappa shape index (κ3) is 7.68. The van der Waals surface area contributed by atoms with Crippen LogP contribution in [0.2, 0.25) is 0 Å². The van der Waals surface area contributed by atoms with Gasteiger partial charge in [-0.15, -0.1) is 11.3 Å². The van der Waals surface area contributed by atoms with Gasteiger partial charge in [-0.05, 0) is 88.6 Å². The van der Waals surface area contributed by atoms with Gasteiger partial charge in [0.15, 0.2) is 0 Å². The fraction of sp³-hybridized carbons (Fsp3) is 0.556. The highest BCUT2D eigenvalue weighted by molar-refractivity contribution is 7.13. The summed E-state index contributed by atoms with van der Waals surface area (Å²) in [7, 11) is 0. The van der Waals surface area contributed by atoms with Crippen molar-refractivity contribution in [3.63, 3.8) is 0 Å². The molecule has 0 spiro atoms. The lowest BCUT2D eigenvalue weighted by atomic mass is 10.0. The van der Waals surface area contributed by atoms with E-state index in [2.05, 4.69) is 24.3 Å². The lowest BCUT2D eigenvalue weighted by Gasteiger charge is -2.25. The quantitative estimate of drug-likeness (QED) is 0.291. The first-order valence-electron chi connectivity index (χ1n) is 12.3. The van der Waals surface area contributed by atoms with Crippen LogP contribution in [-0.2, 0) is 22.4 Å². The number of hydrogen-bond donors (Lipinski definition) is 1. The Bertz CT molecular complexity index is 890. The molecule has 2 aromatic rings. The van der Waals surface area contributed by atoms with Crippen LogP contribution in [0.5, 0.6) is 0 Å². The standard InChI is InChI=1S/C27H37NO4S/c1-20(2)32-27(31)25-17-16-24(33-25)10-7-9-22-15-18-26(30)28(22)23-13-11-21(12-14-23)8-5-3-4-6-19-29/h11-14,16-17,20,22,29H,3-10,15,18-19H2,1-2H3/t22-/m1/s1. The summed E-state index contributed by atoms with van der Waals surface area (Å²) in [5, 5.41) is 8.87. The van der Waals surface area contributed by atoms with Crippen LogP contribution < -0.4 is 4.90 Å². The molecule has 5 nitrogen and oxygen atoms in total. The van der Waals surface area contributed by atoms with Crippen molar-refractivity contribution >= 4 is 28.9 Å². The Hall–Kier alpha value is -2.18. The number of aryl methyl sites for hydroxylation is 2. The summed E-state index contributed by atoms with van der Waals surface area (Å²) in [5.74, 6) is -0.0333. The number of aliphatic hydroxyl groups is 1. The zero-order valence-corrected chi connectivity index (χ0v) is 20.7. The zero-order valence-electron chi connectivity index (χ0n) is 19.9. The molecule has 2 heterocycles. The largest absolute Gasteiger partial charge is 0.459 e. The molecule has 0 unspecified atom stereocenters. The van der Waals surface area contributed by atoms with Crippen LogP contribution in [0.4, 0.5) is 5.69 Å². The molecule has 1 saturated heterocycles. The average molecular weight is 472 g/mol. The first-order chi connectivity index (χ1) is 16.0. The highest BCUT2D eigenvalue weighted by Crippen LogP contribution is 2.30. The fourth-order valence-corrected chi connectivity index (χ4v) is 5.33. The van der Waals surface area contributed by atoms with Crippen LogP contribution in [0, 0.1) is 0 Å². The van der Waals surface area contributed by atoms with Crippen LogP contribution in [0.3, 0.4) is 0 Å². The van der Waals surface area contributed by atoms with Crippen molar-refractivity contribution < 1.29 is 19.4 Å². The summed E-state index contributed by atoms with van der Waals surface area (Å²) in [4.78, 5) is 28.5. The number of nitrogens with zero attached hydrogens (tertiary/aromatic N) is 1. The molecule has 3 rings (SSSR count). The molecule has 6 heteroatoms. The van der Waals surface area contributed by atoms with E-state index < -0.39 is 0 Å². The summed E-state index contributed by atoms with van der Waals surface area (Å²) in [6.07, 6.45) is 9.53. The lowest BCUT2D eigenvalue weighted by molar-refractivity contribution is -0.117. The number of rotatable bonds is 13. The third-order valence-electron chi connectivity index (χ3n) is 6.08. The van der Waals surface area contributed by atoms with Crippen LogP contribution in [0.15, 0.2) is 36.4 Å². The van der Waals surface area contributed by atoms with E-state index in [-0.39, 0.29) is 30.6 Å². The minimum absolute atomic E-state index is 0.111. The van der Waals surface area contributed by atoms with Crippen LogP contribution >= 0.6 is 11.3 Å². The number of benzene rings is 1. The number of carbonyl (C=O) groups is 2. The highest BCUT2D eigenvalue weighted by Gasteiger charge is 2.31. The van der Waals surface area contributed by atoms with E-state index in [1.165, 1.54) is 21.8 Å². The van der Waals surface area contributed by atoms with E-state index in [0.29, 0.717) is 11.3 Å². The molecule has 1 aliphatic heterocycles. The Balaban J connectivity index is 1.49. The number of amides is 1. The smallest absolute Gasteiger partial charge is 0.348 e. The maximum absolute atomic E-state index is 12.6. The maximum atomic E-state index is 12.6. The molecular formula is C27H37NO4S. The Labute approximate surface area is 201 Å². The second kappa shape index (κ2) is 12.9. The number of ether oxygens (including phenoxy) is 1. The average Bonchev–Trinajstić information content (AvgIpc) is 3.41. The molecule has 0 bridgehead atoms. The zero-order chi connectivity index (χ0) is 23.6. The van der Waals surface area contributed by atoms with Crippen molar-refractivity contribution in [3.05, 3.63) is 51.7 Å². The summed E-state index contributed by atoms with van der Waals surface area (Å²) in [6.45, 7) is 3.99. The number of thiophene rings is 1. The Morgan fingerprint density at radius 3 is 2.55 bits per heavy atom. The first kappa shape index (κ1) is 25.4. The second-order valence-electron chi connectivity index (χ2n) is 9.12. The van der Waals surface area contributed by atoms with Crippen molar-refractivity contribution in [2.45, 2.75) is 90.2 Å². The predicted molar refractivity (Wildman–Crippen MR) is 134 cm³/mol. The molecule has 1 aromatic heterocycles. The molecule has 1 atom stereocenters. The summed E-state index contributed by atoms with van der Waals surface area (Å²) >= 11 is 1.51. The Kier molecular flexibility index (Phi) is 9.95. The Morgan fingerprint density at radius 1 is 1.06 bits per heavy atom. The van der Waals surface area contributed by atoms with Crippen molar-refractivity contribution in [1.82, 2.24) is 0 Å². The van der Waals surface area contributed by atoms with Crippen molar-refractivity contribution in [2.24, 2.45) is 0 Å². The van der Waals surface area contributed by atoms with Gasteiger partial charge in [-0.1, -0.05) is 25.0 Å². The minimum atomic E-state index is -0.248. The molecule has 1 aromatic carbocycles. The monoisotopic (exact) mass is 471 g/mol. The van der Waals surface area contributed by atoms with Gasteiger partial charge in [0.05, 0.1) is 6.10 Å². The van der Waals surface area contributed by atoms with E-state index in [9.17, 15) is 9.59 Å². The minimum Gasteiger partial charge on any atom is -0.459 e. The van der Waals surface area contributed by atoms with Crippen LogP contribution in [0.25, 0.3) is 0 Å². The number of carbonyl (C=O) groups excluding carboxylic acids is 2. The van der Waals surface area contributed by atoms with Crippen molar-refractivity contribution in [2.75, 3.05) is 11.5 Å². The SMILES string of the molecule is CC(C)OC(=O)c1ccc(CCC[C@@H]2CCC(=O)N2c2ccc(CCCCCCO)cc2)s1. The van der Waals surface area contributed by atoms with Crippen molar-refractivity contribution in [1.29, 1.82) is 0 Å². The molecule has 180 valence electrons. The number of esters is 1. The molecule has 1 N–H and O–H groups in total. The molecule has 1 aliphatic rings. The summed E-state index contributed by atoms with van der Waals surface area (Å²) in [5.41, 5.74) is 2.30. The molecular weight excluding hydrogens is 434 g/mol. The van der Waals surface area contributed by atoms with Gasteiger partial charge in [-0.2, -0.15) is 0 Å². The predicted octanol–water partition coefficient (Wildman–Crippen LogP) is 5.93. The molecule has 33 heavy (non-hydrogen) atoms. The molecule has 0 radical (unpaired) electrons. The normalized spacial score (nSPS) is 16.1. The third-order valence-corrected chi connectivity index (χ3v) is 7.20. The van der Waals surface area contributed by atoms with Crippen LogP contribution in [-0.4, -0.2) is 35.7 Å². The van der Waals surface area contributed by atoms with Gasteiger partial charge in [0.25, 0.3) is 0 Å². The topological polar surface area (TPSA) is 66.8 Å². The lowest BCUT2D eigenvalue weighted by Crippen LogP contribution is -2.32. The number of aliphatic hydroxyl groups excluding tert-OH is 1. The van der Waals surface area contributed by atoms with E-state index in [4.69, 9.17) is 9.84 Å². The van der Waals surface area contributed by atoms with Gasteiger partial charge in [-0.25, -0.2) is 4.79 Å². The molecule has 0 saturated carbocycles. The number of anilines is 1. The van der Waals surface area contributed by atoms with Gasteiger partial charge in [0.1, 0.15) is 4.88 Å². The van der Waals surface area contributed by atoms with Gasteiger partial charge >= 0.3 is 5.97 Å². The molecule has 1 amide bonds. The van der Waals surface area contributed by atoms with Gasteiger partial charge in [0, 0.05) is 29.6 Å². The second-order valence-corrected chi connectivity index (χ2v) is 10.3. The number of unbranched alkanes of at least 4 members (excludes halogenated alkanes) is 3. The molecule has 1 fully saturated rings. The maximum Gasteiger partial charge on any atom is 0.348 e. The highest BCUT2D eigenvalue weighted by atomic mass is 32.1. The summed E-state index contributed by atoms with van der Waals surface area (Å²) in [6, 6.07) is 12.6. The summed E-state index contributed by atoms with van der Waals surface area (Å²) < 4.78 is 5.27. The van der Waals surface area contributed by atoms with Gasteiger partial charge in [0.2, 0.25) is 5.91 Å². The fourth-order valence-electron chi connectivity index (χ4n) is 4.40. The van der Waals surface area contributed by atoms with E-state index in [0.717, 1.165) is 63.5 Å². The van der Waals surface area contributed by atoms with Crippen LogP contribution in [0.1, 0.15) is 85.3 Å². The number of hydrogen-bond acceptors (Lipinski definition) is 5. The van der Waals surface area contributed by atoms with Gasteiger partial charge in [-0.3, -0.25) is 4.79 Å². The molecule has 0 aliphatic carbocycles. The Morgan fingerprint density at radius 2 is 1.82 bits per heavy atom. The van der Waals surface area contributed by atoms with Gasteiger partial charge < -0.3 is 14.7 Å².